The first-order chi connectivity index (χ1) is 7.30. The maximum absolute atomic E-state index is 10.7. The van der Waals surface area contributed by atoms with Gasteiger partial charge in [-0.3, -0.25) is 4.79 Å². The van der Waals surface area contributed by atoms with Gasteiger partial charge in [-0.2, -0.15) is 0 Å². The van der Waals surface area contributed by atoms with Crippen molar-refractivity contribution in [1.82, 2.24) is 0 Å². The molecule has 0 bridgehead atoms. The van der Waals surface area contributed by atoms with Gasteiger partial charge in [0.15, 0.2) is 0 Å². The van der Waals surface area contributed by atoms with Crippen LogP contribution in [0.2, 0.25) is 0 Å². The van der Waals surface area contributed by atoms with Crippen LogP contribution >= 0.6 is 0 Å². The van der Waals surface area contributed by atoms with Gasteiger partial charge in [0, 0.05) is 0 Å². The van der Waals surface area contributed by atoms with E-state index >= 15 is 0 Å². The average molecular weight is 246 g/mol. The molecule has 3 nitrogen and oxygen atoms in total. The third kappa shape index (κ3) is 5.73. The molecular formula is C14H23LiO3. The first-order valence-corrected chi connectivity index (χ1v) is 5.63. The molecule has 1 unspecified atom stereocenters. The Morgan fingerprint density at radius 1 is 1.28 bits per heavy atom. The summed E-state index contributed by atoms with van der Waals surface area (Å²) in [5.74, 6) is -1.06. The first-order valence-electron chi connectivity index (χ1n) is 5.63. The summed E-state index contributed by atoms with van der Waals surface area (Å²) in [4.78, 5) is 10.7. The molecule has 0 fully saturated rings. The van der Waals surface area contributed by atoms with Crippen LogP contribution in [0.15, 0.2) is 24.3 Å². The van der Waals surface area contributed by atoms with Crippen molar-refractivity contribution < 1.29 is 35.7 Å². The Morgan fingerprint density at radius 2 is 1.72 bits per heavy atom. The number of carboxylic acids is 1. The van der Waals surface area contributed by atoms with Crippen LogP contribution in [0.4, 0.5) is 0 Å². The molecule has 0 heterocycles. The summed E-state index contributed by atoms with van der Waals surface area (Å²) in [6.07, 6.45) is 0.597. The van der Waals surface area contributed by atoms with Crippen LogP contribution in [0.3, 0.4) is 0 Å². The zero-order chi connectivity index (χ0) is 12.3. The van der Waals surface area contributed by atoms with Crippen molar-refractivity contribution in [3.8, 4) is 0 Å². The van der Waals surface area contributed by atoms with Gasteiger partial charge in [-0.15, -0.1) is 0 Å². The average Bonchev–Trinajstić information content (AvgIpc) is 2.17. The zero-order valence-electron chi connectivity index (χ0n) is 12.9. The Labute approximate surface area is 123 Å². The van der Waals surface area contributed by atoms with Gasteiger partial charge in [-0.1, -0.05) is 52.0 Å². The number of aliphatic carboxylic acids is 1. The van der Waals surface area contributed by atoms with E-state index < -0.39 is 5.97 Å². The van der Waals surface area contributed by atoms with Gasteiger partial charge < -0.3 is 12.0 Å². The molecule has 98 valence electrons. The van der Waals surface area contributed by atoms with Gasteiger partial charge in [0.1, 0.15) is 0 Å². The fourth-order valence-corrected chi connectivity index (χ4v) is 1.58. The van der Waals surface area contributed by atoms with Gasteiger partial charge in [-0.25, -0.2) is 0 Å². The van der Waals surface area contributed by atoms with Crippen LogP contribution in [0.25, 0.3) is 0 Å². The molecule has 0 radical (unpaired) electrons. The van der Waals surface area contributed by atoms with E-state index in [0.29, 0.717) is 6.42 Å². The Balaban J connectivity index is -0.000000853. The monoisotopic (exact) mass is 246 g/mol. The number of rotatable bonds is 3. The van der Waals surface area contributed by atoms with Gasteiger partial charge >= 0.3 is 24.8 Å². The molecule has 0 aliphatic rings. The largest absolute Gasteiger partial charge is 1.00 e. The van der Waals surface area contributed by atoms with Crippen LogP contribution in [0.1, 0.15) is 40.2 Å². The molecule has 0 aliphatic heterocycles. The van der Waals surface area contributed by atoms with E-state index in [1.165, 1.54) is 5.56 Å². The third-order valence-electron chi connectivity index (χ3n) is 2.78. The molecule has 0 aliphatic carbocycles. The molecular weight excluding hydrogens is 223 g/mol. The summed E-state index contributed by atoms with van der Waals surface area (Å²) in [6.45, 7) is 8.24. The minimum atomic E-state index is -0.736. The van der Waals surface area contributed by atoms with Crippen molar-refractivity contribution in [2.45, 2.75) is 39.5 Å². The zero-order valence-corrected chi connectivity index (χ0v) is 11.9. The second-order valence-corrected chi connectivity index (χ2v) is 5.39. The molecule has 18 heavy (non-hydrogen) atoms. The van der Waals surface area contributed by atoms with Crippen molar-refractivity contribution >= 4 is 5.97 Å². The van der Waals surface area contributed by atoms with Crippen LogP contribution in [-0.4, -0.2) is 16.6 Å². The molecule has 0 saturated carbocycles. The molecule has 1 aromatic rings. The van der Waals surface area contributed by atoms with E-state index in [2.05, 4.69) is 32.9 Å². The quantitative estimate of drug-likeness (QED) is 0.733. The fourth-order valence-electron chi connectivity index (χ4n) is 1.58. The summed E-state index contributed by atoms with van der Waals surface area (Å²) in [5, 5.41) is 8.83. The van der Waals surface area contributed by atoms with Crippen LogP contribution in [0.5, 0.6) is 0 Å². The maximum Gasteiger partial charge on any atom is 1.00 e. The summed E-state index contributed by atoms with van der Waals surface area (Å²) < 4.78 is 0. The Bertz CT molecular complexity index is 371. The Kier molecular flexibility index (Phi) is 8.30. The molecule has 0 saturated heterocycles. The fraction of sp³-hybridized carbons (Fsp3) is 0.500. The summed E-state index contributed by atoms with van der Waals surface area (Å²) in [5.41, 5.74) is 2.51. The number of benzene rings is 1. The number of carbonyl (C=O) groups is 1. The van der Waals surface area contributed by atoms with Crippen molar-refractivity contribution in [2.75, 3.05) is 0 Å². The van der Waals surface area contributed by atoms with E-state index in [0.717, 1.165) is 5.56 Å². The second kappa shape index (κ2) is 7.63. The SMILES string of the molecule is CC(Cc1ccc(C(C)(C)C)cc1)C(=O)O.O.[H-].[Li+]. The molecule has 4 heteroatoms. The molecule has 1 aromatic carbocycles. The van der Waals surface area contributed by atoms with E-state index in [9.17, 15) is 4.79 Å². The van der Waals surface area contributed by atoms with E-state index in [4.69, 9.17) is 5.11 Å². The summed E-state index contributed by atoms with van der Waals surface area (Å²) >= 11 is 0. The normalized spacial score (nSPS) is 12.0. The Morgan fingerprint density at radius 3 is 2.06 bits per heavy atom. The van der Waals surface area contributed by atoms with Gasteiger partial charge in [-0.05, 0) is 23.0 Å². The third-order valence-corrected chi connectivity index (χ3v) is 2.78. The topological polar surface area (TPSA) is 68.8 Å². The molecule has 1 atom stereocenters. The second-order valence-electron chi connectivity index (χ2n) is 5.39. The van der Waals surface area contributed by atoms with Gasteiger partial charge in [0.2, 0.25) is 0 Å². The maximum atomic E-state index is 10.7. The first kappa shape index (κ1) is 19.6. The van der Waals surface area contributed by atoms with Crippen LogP contribution in [-0.2, 0) is 16.6 Å². The predicted molar refractivity (Wildman–Crippen MR) is 70.4 cm³/mol. The molecule has 1 rings (SSSR count). The van der Waals surface area contributed by atoms with E-state index in [1.807, 2.05) is 12.1 Å². The van der Waals surface area contributed by atoms with Gasteiger partial charge in [0.05, 0.1) is 5.92 Å². The predicted octanol–water partition coefficient (Wildman–Crippen LogP) is -0.461. The summed E-state index contributed by atoms with van der Waals surface area (Å²) in [6, 6.07) is 8.23. The van der Waals surface area contributed by atoms with Crippen LogP contribution < -0.4 is 18.9 Å². The molecule has 0 amide bonds. The molecule has 3 N–H and O–H groups in total. The van der Waals surface area contributed by atoms with Crippen LogP contribution in [0, 0.1) is 5.92 Å². The number of hydrogen-bond donors (Lipinski definition) is 1. The van der Waals surface area contributed by atoms with Crippen molar-refractivity contribution in [3.63, 3.8) is 0 Å². The minimum Gasteiger partial charge on any atom is -1.00 e. The standard InChI is InChI=1S/C14H20O2.Li.H2O.H/c1-10(13(15)16)9-11-5-7-12(8-6-11)14(2,3)4;;;/h5-8,10H,9H2,1-4H3,(H,15,16);;1H2;/q;+1;;-1. The smallest absolute Gasteiger partial charge is 1.00 e. The number of carboxylic acid groups (broad SMARTS) is 1. The van der Waals surface area contributed by atoms with Crippen molar-refractivity contribution in [3.05, 3.63) is 35.4 Å². The van der Waals surface area contributed by atoms with Crippen molar-refractivity contribution in [2.24, 2.45) is 5.92 Å². The summed E-state index contributed by atoms with van der Waals surface area (Å²) in [7, 11) is 0. The van der Waals surface area contributed by atoms with Gasteiger partial charge in [0.25, 0.3) is 0 Å². The van der Waals surface area contributed by atoms with E-state index in [1.54, 1.807) is 6.92 Å². The van der Waals surface area contributed by atoms with E-state index in [-0.39, 0.29) is 37.1 Å². The van der Waals surface area contributed by atoms with Crippen molar-refractivity contribution in [1.29, 1.82) is 0 Å². The molecule has 0 aromatic heterocycles. The number of hydrogen-bond acceptors (Lipinski definition) is 1. The Hall–Kier alpha value is -0.753. The molecule has 0 spiro atoms. The minimum absolute atomic E-state index is 0.